The van der Waals surface area contributed by atoms with Gasteiger partial charge in [0.05, 0.1) is 23.8 Å². The first kappa shape index (κ1) is 18.1. The molecule has 0 radical (unpaired) electrons. The van der Waals surface area contributed by atoms with Crippen LogP contribution in [0.5, 0.6) is 0 Å². The number of rotatable bonds is 5. The van der Waals surface area contributed by atoms with E-state index in [1.807, 2.05) is 0 Å². The Balaban J connectivity index is 1.76. The van der Waals surface area contributed by atoms with Gasteiger partial charge in [-0.2, -0.15) is 5.26 Å². The highest BCUT2D eigenvalue weighted by atomic mass is 16.5. The molecule has 0 spiro atoms. The van der Waals surface area contributed by atoms with Crippen molar-refractivity contribution in [3.8, 4) is 6.07 Å². The minimum atomic E-state index is -0.666. The predicted molar refractivity (Wildman–Crippen MR) is 93.2 cm³/mol. The second-order valence-corrected chi connectivity index (χ2v) is 5.91. The second kappa shape index (κ2) is 7.25. The van der Waals surface area contributed by atoms with Gasteiger partial charge in [-0.25, -0.2) is 4.79 Å². The molecule has 0 bridgehead atoms. The van der Waals surface area contributed by atoms with E-state index < -0.39 is 11.5 Å². The monoisotopic (exact) mass is 365 g/mol. The smallest absolute Gasteiger partial charge is 0.339 e. The van der Waals surface area contributed by atoms with Crippen LogP contribution in [0, 0.1) is 11.3 Å². The standard InChI is InChI=1S/C19H15N3O5/c1-27-19(26)13-9-12(10-20)16(23)21(11-13)7-4-8-22-17(24)14-5-2-3-6-15(14)18(22)25/h2-3,5-6,9,11H,4,7-8H2,1H3. The molecule has 8 heteroatoms. The number of esters is 1. The SMILES string of the molecule is COC(=O)c1cc(C#N)c(=O)n(CCCN2C(=O)c3ccccc3C2=O)c1. The number of ether oxygens (including phenoxy) is 1. The minimum Gasteiger partial charge on any atom is -0.465 e. The molecular weight excluding hydrogens is 350 g/mol. The topological polar surface area (TPSA) is 109 Å². The van der Waals surface area contributed by atoms with Crippen molar-refractivity contribution in [2.24, 2.45) is 0 Å². The Bertz CT molecular complexity index is 1010. The molecule has 136 valence electrons. The fraction of sp³-hybridized carbons (Fsp3) is 0.211. The van der Waals surface area contributed by atoms with E-state index in [2.05, 4.69) is 4.74 Å². The molecular formula is C19H15N3O5. The van der Waals surface area contributed by atoms with Crippen molar-refractivity contribution in [1.82, 2.24) is 9.47 Å². The molecule has 2 amide bonds. The Morgan fingerprint density at radius 1 is 1.11 bits per heavy atom. The lowest BCUT2D eigenvalue weighted by Crippen LogP contribution is -2.32. The molecule has 0 aliphatic carbocycles. The number of aryl methyl sites for hydroxylation is 1. The Labute approximate surface area is 154 Å². The van der Waals surface area contributed by atoms with Crippen LogP contribution in [0.4, 0.5) is 0 Å². The average Bonchev–Trinajstić information content (AvgIpc) is 2.93. The first-order valence-corrected chi connectivity index (χ1v) is 8.16. The summed E-state index contributed by atoms with van der Waals surface area (Å²) >= 11 is 0. The molecule has 1 aromatic heterocycles. The quantitative estimate of drug-likeness (QED) is 0.582. The third kappa shape index (κ3) is 3.22. The average molecular weight is 365 g/mol. The van der Waals surface area contributed by atoms with E-state index in [4.69, 9.17) is 5.26 Å². The fourth-order valence-electron chi connectivity index (χ4n) is 2.95. The molecule has 8 nitrogen and oxygen atoms in total. The third-order valence-electron chi connectivity index (χ3n) is 4.29. The number of carbonyl (C=O) groups excluding carboxylic acids is 3. The summed E-state index contributed by atoms with van der Waals surface area (Å²) in [6, 6.07) is 9.50. The van der Waals surface area contributed by atoms with Crippen molar-refractivity contribution in [2.45, 2.75) is 13.0 Å². The van der Waals surface area contributed by atoms with Crippen molar-refractivity contribution in [2.75, 3.05) is 13.7 Å². The number of carbonyl (C=O) groups is 3. The lowest BCUT2D eigenvalue weighted by atomic mass is 10.1. The highest BCUT2D eigenvalue weighted by Crippen LogP contribution is 2.22. The van der Waals surface area contributed by atoms with Crippen LogP contribution in [0.15, 0.2) is 41.3 Å². The molecule has 3 rings (SSSR count). The van der Waals surface area contributed by atoms with Crippen LogP contribution in [-0.2, 0) is 11.3 Å². The molecule has 0 fully saturated rings. The molecule has 1 aliphatic heterocycles. The third-order valence-corrected chi connectivity index (χ3v) is 4.29. The van der Waals surface area contributed by atoms with E-state index in [0.29, 0.717) is 17.5 Å². The van der Waals surface area contributed by atoms with Gasteiger partial charge in [-0.1, -0.05) is 12.1 Å². The van der Waals surface area contributed by atoms with Gasteiger partial charge < -0.3 is 9.30 Å². The minimum absolute atomic E-state index is 0.0781. The highest BCUT2D eigenvalue weighted by Gasteiger charge is 2.34. The molecule has 1 aromatic carbocycles. The van der Waals surface area contributed by atoms with Crippen molar-refractivity contribution >= 4 is 17.8 Å². The maximum Gasteiger partial charge on any atom is 0.339 e. The highest BCUT2D eigenvalue weighted by molar-refractivity contribution is 6.21. The number of fused-ring (bicyclic) bond motifs is 1. The van der Waals surface area contributed by atoms with Crippen LogP contribution < -0.4 is 5.56 Å². The van der Waals surface area contributed by atoms with Crippen LogP contribution in [0.1, 0.15) is 43.1 Å². The largest absolute Gasteiger partial charge is 0.465 e. The zero-order valence-corrected chi connectivity index (χ0v) is 14.5. The van der Waals surface area contributed by atoms with E-state index >= 15 is 0 Å². The van der Waals surface area contributed by atoms with Gasteiger partial charge in [0.2, 0.25) is 0 Å². The Morgan fingerprint density at radius 3 is 2.30 bits per heavy atom. The molecule has 2 aromatic rings. The number of amides is 2. The van der Waals surface area contributed by atoms with Gasteiger partial charge >= 0.3 is 5.97 Å². The van der Waals surface area contributed by atoms with Gasteiger partial charge in [0, 0.05) is 19.3 Å². The molecule has 1 aliphatic rings. The number of hydrogen-bond acceptors (Lipinski definition) is 6. The van der Waals surface area contributed by atoms with Crippen LogP contribution >= 0.6 is 0 Å². The normalized spacial score (nSPS) is 12.7. The van der Waals surface area contributed by atoms with Crippen LogP contribution in [0.25, 0.3) is 0 Å². The van der Waals surface area contributed by atoms with E-state index in [-0.39, 0.29) is 36.0 Å². The molecule has 0 saturated carbocycles. The maximum absolute atomic E-state index is 12.3. The van der Waals surface area contributed by atoms with Crippen molar-refractivity contribution in [3.63, 3.8) is 0 Å². The second-order valence-electron chi connectivity index (χ2n) is 5.91. The first-order chi connectivity index (χ1) is 13.0. The summed E-state index contributed by atoms with van der Waals surface area (Å²) in [5.74, 6) is -1.41. The van der Waals surface area contributed by atoms with Gasteiger partial charge in [0.15, 0.2) is 0 Å². The van der Waals surface area contributed by atoms with Gasteiger partial charge in [0.25, 0.3) is 17.4 Å². The first-order valence-electron chi connectivity index (χ1n) is 8.16. The number of methoxy groups -OCH3 is 1. The number of nitrogens with zero attached hydrogens (tertiary/aromatic N) is 3. The van der Waals surface area contributed by atoms with E-state index in [1.165, 1.54) is 23.9 Å². The predicted octanol–water partition coefficient (Wildman–Crippen LogP) is 1.19. The summed E-state index contributed by atoms with van der Waals surface area (Å²) in [6.07, 6.45) is 1.60. The maximum atomic E-state index is 12.3. The summed E-state index contributed by atoms with van der Waals surface area (Å²) in [6.45, 7) is 0.245. The Morgan fingerprint density at radius 2 is 1.74 bits per heavy atom. The van der Waals surface area contributed by atoms with Gasteiger partial charge in [-0.05, 0) is 24.6 Å². The summed E-state index contributed by atoms with van der Waals surface area (Å²) in [4.78, 5) is 49.7. The number of benzene rings is 1. The molecule has 0 atom stereocenters. The summed E-state index contributed by atoms with van der Waals surface area (Å²) in [5.41, 5.74) is 0.0683. The molecule has 0 N–H and O–H groups in total. The van der Waals surface area contributed by atoms with Crippen molar-refractivity contribution in [3.05, 3.63) is 69.1 Å². The number of imide groups is 1. The zero-order valence-electron chi connectivity index (χ0n) is 14.5. The van der Waals surface area contributed by atoms with E-state index in [9.17, 15) is 19.2 Å². The fourth-order valence-corrected chi connectivity index (χ4v) is 2.95. The van der Waals surface area contributed by atoms with Gasteiger partial charge in [0.1, 0.15) is 11.6 Å². The number of nitriles is 1. The summed E-state index contributed by atoms with van der Waals surface area (Å²) in [7, 11) is 1.20. The zero-order chi connectivity index (χ0) is 19.6. The Kier molecular flexibility index (Phi) is 4.86. The van der Waals surface area contributed by atoms with Crippen molar-refractivity contribution in [1.29, 1.82) is 5.26 Å². The molecule has 27 heavy (non-hydrogen) atoms. The van der Waals surface area contributed by atoms with Crippen molar-refractivity contribution < 1.29 is 19.1 Å². The van der Waals surface area contributed by atoms with Crippen LogP contribution in [0.2, 0.25) is 0 Å². The lowest BCUT2D eigenvalue weighted by Gasteiger charge is -2.14. The van der Waals surface area contributed by atoms with Crippen LogP contribution in [0.3, 0.4) is 0 Å². The Hall–Kier alpha value is -3.73. The van der Waals surface area contributed by atoms with Crippen LogP contribution in [-0.4, -0.2) is 40.9 Å². The number of pyridine rings is 1. The van der Waals surface area contributed by atoms with Gasteiger partial charge in [-0.3, -0.25) is 19.3 Å². The number of aromatic nitrogens is 1. The number of hydrogen-bond donors (Lipinski definition) is 0. The summed E-state index contributed by atoms with van der Waals surface area (Å²) < 4.78 is 5.83. The van der Waals surface area contributed by atoms with E-state index in [0.717, 1.165) is 4.90 Å². The van der Waals surface area contributed by atoms with E-state index in [1.54, 1.807) is 30.3 Å². The molecule has 0 unspecified atom stereocenters. The lowest BCUT2D eigenvalue weighted by molar-refractivity contribution is 0.0598. The van der Waals surface area contributed by atoms with Gasteiger partial charge in [-0.15, -0.1) is 0 Å². The summed E-state index contributed by atoms with van der Waals surface area (Å²) in [5, 5.41) is 9.08. The molecule has 0 saturated heterocycles. The molecule has 2 heterocycles.